The lowest BCUT2D eigenvalue weighted by molar-refractivity contribution is 0.109. The minimum absolute atomic E-state index is 0. The molecule has 2 aliphatic heterocycles. The summed E-state index contributed by atoms with van der Waals surface area (Å²) >= 11 is 0. The monoisotopic (exact) mass is 502 g/mol. The summed E-state index contributed by atoms with van der Waals surface area (Å²) in [5.41, 5.74) is 1.35. The number of nitrogens with zero attached hydrogens (tertiary/aromatic N) is 5. The Hall–Kier alpha value is -0.830. The van der Waals surface area contributed by atoms with Gasteiger partial charge < -0.3 is 10.2 Å². The molecule has 3 rings (SSSR count). The molecular formula is C21H39IN6. The van der Waals surface area contributed by atoms with Gasteiger partial charge in [-0.1, -0.05) is 20.8 Å². The summed E-state index contributed by atoms with van der Waals surface area (Å²) in [6, 6.07) is 0.575. The zero-order valence-electron chi connectivity index (χ0n) is 18.3. The van der Waals surface area contributed by atoms with Gasteiger partial charge in [0.15, 0.2) is 5.96 Å². The van der Waals surface area contributed by atoms with E-state index in [-0.39, 0.29) is 24.0 Å². The zero-order valence-corrected chi connectivity index (χ0v) is 20.6. The van der Waals surface area contributed by atoms with E-state index in [0.29, 0.717) is 17.9 Å². The van der Waals surface area contributed by atoms with Crippen molar-refractivity contribution in [2.24, 2.45) is 23.9 Å². The molecule has 3 heterocycles. The minimum atomic E-state index is 0. The fourth-order valence-corrected chi connectivity index (χ4v) is 4.55. The molecule has 1 N–H and O–H groups in total. The second-order valence-corrected chi connectivity index (χ2v) is 8.84. The van der Waals surface area contributed by atoms with Gasteiger partial charge in [0.1, 0.15) is 0 Å². The molecule has 0 saturated carbocycles. The number of aryl methyl sites for hydroxylation is 1. The van der Waals surface area contributed by atoms with Crippen molar-refractivity contribution >= 4 is 29.9 Å². The van der Waals surface area contributed by atoms with E-state index < -0.39 is 0 Å². The van der Waals surface area contributed by atoms with E-state index in [2.05, 4.69) is 52.2 Å². The molecule has 7 heteroatoms. The third-order valence-electron chi connectivity index (χ3n) is 6.42. The zero-order chi connectivity index (χ0) is 19.4. The molecular weight excluding hydrogens is 463 g/mol. The molecule has 2 saturated heterocycles. The van der Waals surface area contributed by atoms with E-state index in [0.717, 1.165) is 31.5 Å². The van der Waals surface area contributed by atoms with E-state index >= 15 is 0 Å². The number of likely N-dealkylation sites (tertiary alicyclic amines) is 2. The van der Waals surface area contributed by atoms with Crippen molar-refractivity contribution < 1.29 is 0 Å². The highest BCUT2D eigenvalue weighted by atomic mass is 127. The lowest BCUT2D eigenvalue weighted by atomic mass is 9.94. The molecule has 160 valence electrons. The Bertz CT molecular complexity index is 620. The van der Waals surface area contributed by atoms with Crippen molar-refractivity contribution in [3.8, 4) is 0 Å². The van der Waals surface area contributed by atoms with E-state index in [1.807, 2.05) is 25.0 Å². The van der Waals surface area contributed by atoms with Crippen LogP contribution < -0.4 is 5.32 Å². The summed E-state index contributed by atoms with van der Waals surface area (Å²) in [6.45, 7) is 12.6. The summed E-state index contributed by atoms with van der Waals surface area (Å²) in [6.07, 6.45) is 7.99. The largest absolute Gasteiger partial charge is 0.355 e. The molecule has 0 amide bonds. The van der Waals surface area contributed by atoms with Gasteiger partial charge in [0.05, 0.1) is 6.20 Å². The van der Waals surface area contributed by atoms with Crippen LogP contribution in [0.2, 0.25) is 0 Å². The quantitative estimate of drug-likeness (QED) is 0.382. The summed E-state index contributed by atoms with van der Waals surface area (Å²) in [5, 5.41) is 8.03. The molecule has 2 aliphatic rings. The molecule has 0 radical (unpaired) electrons. The van der Waals surface area contributed by atoms with Crippen LogP contribution in [0.15, 0.2) is 17.4 Å². The lowest BCUT2D eigenvalue weighted by Gasteiger charge is -2.39. The SMILES string of the molecule is CN=C(NCC(C(C)C)N1CCC(C)CC1)N1CCC(c2cnn(C)c2)C1.I. The van der Waals surface area contributed by atoms with Crippen LogP contribution in [-0.2, 0) is 7.05 Å². The molecule has 1 aromatic rings. The Balaban J connectivity index is 0.00000280. The number of aromatic nitrogens is 2. The molecule has 2 atom stereocenters. The van der Waals surface area contributed by atoms with Gasteiger partial charge in [-0.2, -0.15) is 5.10 Å². The number of rotatable bonds is 5. The maximum atomic E-state index is 4.58. The van der Waals surface area contributed by atoms with E-state index in [4.69, 9.17) is 0 Å². The second kappa shape index (κ2) is 10.8. The number of nitrogens with one attached hydrogen (secondary N) is 1. The van der Waals surface area contributed by atoms with Gasteiger partial charge in [-0.25, -0.2) is 0 Å². The summed E-state index contributed by atoms with van der Waals surface area (Å²) in [4.78, 5) is 9.68. The average Bonchev–Trinajstić information content (AvgIpc) is 3.29. The number of hydrogen-bond acceptors (Lipinski definition) is 3. The summed E-state index contributed by atoms with van der Waals surface area (Å²) < 4.78 is 1.90. The third-order valence-corrected chi connectivity index (χ3v) is 6.42. The first-order valence-electron chi connectivity index (χ1n) is 10.7. The molecule has 6 nitrogen and oxygen atoms in total. The second-order valence-electron chi connectivity index (χ2n) is 8.84. The third kappa shape index (κ3) is 5.84. The van der Waals surface area contributed by atoms with Crippen molar-refractivity contribution in [2.75, 3.05) is 39.8 Å². The first-order valence-corrected chi connectivity index (χ1v) is 10.7. The van der Waals surface area contributed by atoms with E-state index in [1.54, 1.807) is 0 Å². The minimum Gasteiger partial charge on any atom is -0.355 e. The number of piperidine rings is 1. The number of aliphatic imine (C=N–C) groups is 1. The Labute approximate surface area is 188 Å². The van der Waals surface area contributed by atoms with Crippen LogP contribution in [0.3, 0.4) is 0 Å². The van der Waals surface area contributed by atoms with Gasteiger partial charge >= 0.3 is 0 Å². The fraction of sp³-hybridized carbons (Fsp3) is 0.810. The van der Waals surface area contributed by atoms with Gasteiger partial charge in [0.2, 0.25) is 0 Å². The van der Waals surface area contributed by atoms with Gasteiger partial charge in [-0.15, -0.1) is 24.0 Å². The molecule has 1 aromatic heterocycles. The Kier molecular flexibility index (Phi) is 9.05. The first kappa shape index (κ1) is 23.4. The van der Waals surface area contributed by atoms with Gasteiger partial charge in [-0.3, -0.25) is 14.6 Å². The number of halogens is 1. The van der Waals surface area contributed by atoms with E-state index in [9.17, 15) is 0 Å². The van der Waals surface area contributed by atoms with Crippen LogP contribution in [0.1, 0.15) is 51.5 Å². The molecule has 0 aromatic carbocycles. The predicted molar refractivity (Wildman–Crippen MR) is 128 cm³/mol. The molecule has 0 aliphatic carbocycles. The van der Waals surface area contributed by atoms with Crippen LogP contribution in [-0.4, -0.2) is 71.4 Å². The molecule has 0 bridgehead atoms. The van der Waals surface area contributed by atoms with Crippen molar-refractivity contribution in [2.45, 2.75) is 52.0 Å². The highest BCUT2D eigenvalue weighted by Gasteiger charge is 2.29. The fourth-order valence-electron chi connectivity index (χ4n) is 4.55. The van der Waals surface area contributed by atoms with Crippen LogP contribution in [0.4, 0.5) is 0 Å². The predicted octanol–water partition coefficient (Wildman–Crippen LogP) is 3.16. The van der Waals surface area contributed by atoms with Crippen LogP contribution in [0.5, 0.6) is 0 Å². The first-order chi connectivity index (χ1) is 13.0. The van der Waals surface area contributed by atoms with Crippen molar-refractivity contribution in [1.29, 1.82) is 0 Å². The normalized spacial score (nSPS) is 23.1. The topological polar surface area (TPSA) is 48.7 Å². The van der Waals surface area contributed by atoms with Crippen molar-refractivity contribution in [1.82, 2.24) is 24.9 Å². The maximum absolute atomic E-state index is 4.58. The van der Waals surface area contributed by atoms with Crippen LogP contribution in [0.25, 0.3) is 0 Å². The molecule has 28 heavy (non-hydrogen) atoms. The Morgan fingerprint density at radius 3 is 2.54 bits per heavy atom. The smallest absolute Gasteiger partial charge is 0.193 e. The summed E-state index contributed by atoms with van der Waals surface area (Å²) in [5.74, 6) is 3.13. The van der Waals surface area contributed by atoms with Crippen molar-refractivity contribution in [3.63, 3.8) is 0 Å². The number of hydrogen-bond donors (Lipinski definition) is 1. The molecule has 0 spiro atoms. The Morgan fingerprint density at radius 1 is 1.25 bits per heavy atom. The van der Waals surface area contributed by atoms with Crippen LogP contribution in [0, 0.1) is 11.8 Å². The van der Waals surface area contributed by atoms with Gasteiger partial charge in [0.25, 0.3) is 0 Å². The van der Waals surface area contributed by atoms with Gasteiger partial charge in [-0.05, 0) is 49.8 Å². The molecule has 2 fully saturated rings. The Morgan fingerprint density at radius 2 is 1.96 bits per heavy atom. The van der Waals surface area contributed by atoms with E-state index in [1.165, 1.54) is 37.9 Å². The highest BCUT2D eigenvalue weighted by Crippen LogP contribution is 2.27. The highest BCUT2D eigenvalue weighted by molar-refractivity contribution is 14.0. The average molecular weight is 502 g/mol. The van der Waals surface area contributed by atoms with Crippen LogP contribution >= 0.6 is 24.0 Å². The lowest BCUT2D eigenvalue weighted by Crippen LogP contribution is -2.51. The summed E-state index contributed by atoms with van der Waals surface area (Å²) in [7, 11) is 3.90. The maximum Gasteiger partial charge on any atom is 0.193 e. The van der Waals surface area contributed by atoms with Gasteiger partial charge in [0, 0.05) is 51.9 Å². The number of guanidine groups is 1. The molecule has 2 unspecified atom stereocenters. The van der Waals surface area contributed by atoms with Crippen molar-refractivity contribution in [3.05, 3.63) is 18.0 Å². The standard InChI is InChI=1S/C21H38N6.HI/c1-16(2)20(26-9-6-17(3)7-10-26)13-23-21(22-4)27-11-8-18(15-27)19-12-24-25(5)14-19;/h12,14,16-18,20H,6-11,13,15H2,1-5H3,(H,22,23);1H.